The number of carbonyl (C=O) groups excluding carboxylic acids is 1. The van der Waals surface area contributed by atoms with Crippen LogP contribution < -0.4 is 0 Å². The Balaban J connectivity index is 2.61. The Hall–Kier alpha value is -1.10. The molecule has 1 rings (SSSR count). The minimum Gasteiger partial charge on any atom is -0.481 e. The molecule has 5 nitrogen and oxygen atoms in total. The van der Waals surface area contributed by atoms with Gasteiger partial charge >= 0.3 is 5.97 Å². The highest BCUT2D eigenvalue weighted by atomic mass is 16.5. The van der Waals surface area contributed by atoms with Crippen molar-refractivity contribution < 1.29 is 19.4 Å². The van der Waals surface area contributed by atoms with Crippen LogP contribution in [0.5, 0.6) is 0 Å². The predicted octanol–water partition coefficient (Wildman–Crippen LogP) is 0.590. The summed E-state index contributed by atoms with van der Waals surface area (Å²) in [5, 5.41) is 8.78. The number of piperidine rings is 1. The Morgan fingerprint density at radius 3 is 2.62 bits per heavy atom. The molecule has 1 aliphatic rings. The van der Waals surface area contributed by atoms with E-state index in [1.54, 1.807) is 12.0 Å². The van der Waals surface area contributed by atoms with Gasteiger partial charge < -0.3 is 14.7 Å². The molecule has 16 heavy (non-hydrogen) atoms. The number of rotatable bonds is 3. The van der Waals surface area contributed by atoms with Crippen LogP contribution in [0.1, 0.15) is 20.3 Å². The van der Waals surface area contributed by atoms with Crippen LogP contribution in [0.4, 0.5) is 0 Å². The van der Waals surface area contributed by atoms with Crippen molar-refractivity contribution in [2.75, 3.05) is 20.2 Å². The minimum atomic E-state index is -1.07. The molecule has 1 saturated heterocycles. The zero-order valence-electron chi connectivity index (χ0n) is 9.97. The average molecular weight is 229 g/mol. The Kier molecular flexibility index (Phi) is 4.29. The highest BCUT2D eigenvalue weighted by Crippen LogP contribution is 2.20. The first-order valence-corrected chi connectivity index (χ1v) is 5.51. The third-order valence-corrected chi connectivity index (χ3v) is 3.24. The normalized spacial score (nSPS) is 27.6. The third-order valence-electron chi connectivity index (χ3n) is 3.24. The maximum Gasteiger partial charge on any atom is 0.315 e. The summed E-state index contributed by atoms with van der Waals surface area (Å²) in [4.78, 5) is 24.1. The molecule has 0 saturated carbocycles. The lowest BCUT2D eigenvalue weighted by Gasteiger charge is -2.36. The van der Waals surface area contributed by atoms with Crippen LogP contribution in [0.15, 0.2) is 0 Å². The molecule has 1 amide bonds. The van der Waals surface area contributed by atoms with E-state index in [1.165, 1.54) is 6.92 Å². The van der Waals surface area contributed by atoms with Gasteiger partial charge in [-0.25, -0.2) is 0 Å². The van der Waals surface area contributed by atoms with Gasteiger partial charge in [0.25, 0.3) is 0 Å². The van der Waals surface area contributed by atoms with Gasteiger partial charge in [-0.15, -0.1) is 0 Å². The molecule has 3 atom stereocenters. The van der Waals surface area contributed by atoms with Crippen molar-refractivity contribution >= 4 is 11.9 Å². The second-order valence-corrected chi connectivity index (χ2v) is 4.38. The Bertz CT molecular complexity index is 279. The molecule has 92 valence electrons. The van der Waals surface area contributed by atoms with Gasteiger partial charge in [-0.2, -0.15) is 0 Å². The lowest BCUT2D eigenvalue weighted by molar-refractivity contribution is -0.152. The molecule has 3 unspecified atom stereocenters. The van der Waals surface area contributed by atoms with Crippen LogP contribution in [0, 0.1) is 11.8 Å². The van der Waals surface area contributed by atoms with Crippen LogP contribution in [0.3, 0.4) is 0 Å². The highest BCUT2D eigenvalue weighted by Gasteiger charge is 2.32. The molecule has 1 fully saturated rings. The van der Waals surface area contributed by atoms with E-state index in [-0.39, 0.29) is 12.0 Å². The molecule has 1 heterocycles. The van der Waals surface area contributed by atoms with Crippen molar-refractivity contribution in [2.24, 2.45) is 11.8 Å². The summed E-state index contributed by atoms with van der Waals surface area (Å²) in [7, 11) is 1.62. The monoisotopic (exact) mass is 229 g/mol. The molecule has 0 aromatic heterocycles. The first-order valence-electron chi connectivity index (χ1n) is 5.51. The number of carboxylic acid groups (broad SMARTS) is 1. The molecule has 0 bridgehead atoms. The van der Waals surface area contributed by atoms with Crippen molar-refractivity contribution in [3.8, 4) is 0 Å². The maximum absolute atomic E-state index is 11.8. The summed E-state index contributed by atoms with van der Waals surface area (Å²) in [6, 6.07) is 0. The fourth-order valence-corrected chi connectivity index (χ4v) is 1.92. The van der Waals surface area contributed by atoms with E-state index < -0.39 is 11.9 Å². The van der Waals surface area contributed by atoms with E-state index in [1.807, 2.05) is 0 Å². The molecular formula is C11H19NO4. The van der Waals surface area contributed by atoms with E-state index >= 15 is 0 Å². The van der Waals surface area contributed by atoms with E-state index in [2.05, 4.69) is 6.92 Å². The van der Waals surface area contributed by atoms with Gasteiger partial charge in [-0.05, 0) is 19.3 Å². The molecule has 1 N–H and O–H groups in total. The van der Waals surface area contributed by atoms with Crippen LogP contribution in [0.25, 0.3) is 0 Å². The number of hydrogen-bond donors (Lipinski definition) is 1. The van der Waals surface area contributed by atoms with Gasteiger partial charge in [0, 0.05) is 20.2 Å². The molecule has 1 aliphatic heterocycles. The summed E-state index contributed by atoms with van der Waals surface area (Å²) in [5.74, 6) is -1.95. The lowest BCUT2D eigenvalue weighted by atomic mass is 9.95. The molecule has 0 aliphatic carbocycles. The van der Waals surface area contributed by atoms with Gasteiger partial charge in [0.1, 0.15) is 5.92 Å². The number of ether oxygens (including phenoxy) is 1. The van der Waals surface area contributed by atoms with Gasteiger partial charge in [0.05, 0.1) is 6.10 Å². The summed E-state index contributed by atoms with van der Waals surface area (Å²) in [6.45, 7) is 4.62. The van der Waals surface area contributed by atoms with Crippen molar-refractivity contribution in [1.29, 1.82) is 0 Å². The third kappa shape index (κ3) is 2.72. The first kappa shape index (κ1) is 13.0. The van der Waals surface area contributed by atoms with E-state index in [4.69, 9.17) is 9.84 Å². The number of aliphatic carboxylic acids is 1. The van der Waals surface area contributed by atoms with Gasteiger partial charge in [-0.1, -0.05) is 6.92 Å². The lowest BCUT2D eigenvalue weighted by Crippen LogP contribution is -2.49. The molecule has 0 aromatic carbocycles. The molecule has 0 spiro atoms. The second-order valence-electron chi connectivity index (χ2n) is 4.38. The highest BCUT2D eigenvalue weighted by molar-refractivity contribution is 5.96. The summed E-state index contributed by atoms with van der Waals surface area (Å²) < 4.78 is 5.28. The van der Waals surface area contributed by atoms with Crippen molar-refractivity contribution in [1.82, 2.24) is 4.90 Å². The minimum absolute atomic E-state index is 0.0127. The number of nitrogens with zero attached hydrogens (tertiary/aromatic N) is 1. The second kappa shape index (κ2) is 5.30. The predicted molar refractivity (Wildman–Crippen MR) is 58.0 cm³/mol. The van der Waals surface area contributed by atoms with E-state index in [0.717, 1.165) is 6.42 Å². The molecule has 0 aromatic rings. The Labute approximate surface area is 95.4 Å². The smallest absolute Gasteiger partial charge is 0.315 e. The largest absolute Gasteiger partial charge is 0.481 e. The van der Waals surface area contributed by atoms with Crippen LogP contribution >= 0.6 is 0 Å². The van der Waals surface area contributed by atoms with Crippen LogP contribution in [-0.2, 0) is 14.3 Å². The van der Waals surface area contributed by atoms with Crippen LogP contribution in [0.2, 0.25) is 0 Å². The maximum atomic E-state index is 11.8. The average Bonchev–Trinajstić information content (AvgIpc) is 2.27. The van der Waals surface area contributed by atoms with Crippen LogP contribution in [-0.4, -0.2) is 48.2 Å². The zero-order valence-corrected chi connectivity index (χ0v) is 9.97. The fourth-order valence-electron chi connectivity index (χ4n) is 1.92. The van der Waals surface area contributed by atoms with Crippen molar-refractivity contribution in [3.05, 3.63) is 0 Å². The number of carbonyl (C=O) groups is 2. The van der Waals surface area contributed by atoms with E-state index in [9.17, 15) is 9.59 Å². The summed E-state index contributed by atoms with van der Waals surface area (Å²) in [5.41, 5.74) is 0. The Morgan fingerprint density at radius 2 is 2.12 bits per heavy atom. The van der Waals surface area contributed by atoms with E-state index in [0.29, 0.717) is 19.0 Å². The fraction of sp³-hybridized carbons (Fsp3) is 0.818. The topological polar surface area (TPSA) is 66.8 Å². The SMILES string of the molecule is COC1CN(C(=O)C(C)C(=O)O)CCC1C. The van der Waals surface area contributed by atoms with Crippen molar-refractivity contribution in [2.45, 2.75) is 26.4 Å². The Morgan fingerprint density at radius 1 is 1.50 bits per heavy atom. The standard InChI is InChI=1S/C11H19NO4/c1-7-4-5-12(6-9(7)16-3)10(13)8(2)11(14)15/h7-9H,4-6H2,1-3H3,(H,14,15). The number of hydrogen-bond acceptors (Lipinski definition) is 3. The van der Waals surface area contributed by atoms with Crippen molar-refractivity contribution in [3.63, 3.8) is 0 Å². The quantitative estimate of drug-likeness (QED) is 0.719. The zero-order chi connectivity index (χ0) is 12.3. The summed E-state index contributed by atoms with van der Waals surface area (Å²) in [6.07, 6.45) is 0.870. The van der Waals surface area contributed by atoms with Gasteiger partial charge in [0.15, 0.2) is 0 Å². The molecule has 5 heteroatoms. The number of methoxy groups -OCH3 is 1. The first-order chi connectivity index (χ1) is 7.47. The molecular weight excluding hydrogens is 210 g/mol. The van der Waals surface area contributed by atoms with Gasteiger partial charge in [0.2, 0.25) is 5.91 Å². The number of carboxylic acids is 1. The number of likely N-dealkylation sites (tertiary alicyclic amines) is 1. The van der Waals surface area contributed by atoms with Gasteiger partial charge in [-0.3, -0.25) is 9.59 Å². The molecule has 0 radical (unpaired) electrons. The summed E-state index contributed by atoms with van der Waals surface area (Å²) >= 11 is 0. The number of amides is 1.